The number of para-hydroxylation sites is 1. The van der Waals surface area contributed by atoms with Crippen molar-refractivity contribution in [3.63, 3.8) is 0 Å². The van der Waals surface area contributed by atoms with E-state index < -0.39 is 6.29 Å². The topological polar surface area (TPSA) is 92.3 Å². The number of aliphatic hydroxyl groups excluding tert-OH is 1. The van der Waals surface area contributed by atoms with Crippen LogP contribution < -0.4 is 15.4 Å². The molecule has 8 rings (SSSR count). The number of nitrogens with one attached hydrogen (secondary N) is 2. The molecule has 2 unspecified atom stereocenters. The minimum Gasteiger partial charge on any atom is -0.457 e. The summed E-state index contributed by atoms with van der Waals surface area (Å²) in [6, 6.07) is 42.0. The van der Waals surface area contributed by atoms with Crippen molar-refractivity contribution >= 4 is 11.7 Å². The molecule has 0 spiro atoms. The fraction of sp³-hybridized carbons (Fsp3) is 0.367. The summed E-state index contributed by atoms with van der Waals surface area (Å²) in [6.45, 7) is 12.0. The number of carbonyl (C=O) groups excluding carboxylic acids is 1. The zero-order valence-corrected chi connectivity index (χ0v) is 33.5. The van der Waals surface area contributed by atoms with Crippen molar-refractivity contribution in [1.82, 2.24) is 10.2 Å². The van der Waals surface area contributed by atoms with Crippen molar-refractivity contribution in [2.24, 2.45) is 16.7 Å². The van der Waals surface area contributed by atoms with Crippen molar-refractivity contribution in [2.45, 2.75) is 84.6 Å². The van der Waals surface area contributed by atoms with Crippen LogP contribution >= 0.6 is 0 Å². The first-order chi connectivity index (χ1) is 27.5. The largest absolute Gasteiger partial charge is 0.457 e. The number of aliphatic hydroxyl groups is 1. The van der Waals surface area contributed by atoms with Crippen LogP contribution in [0.25, 0.3) is 11.1 Å². The highest BCUT2D eigenvalue weighted by atomic mass is 16.7. The minimum absolute atomic E-state index is 0.00796. The number of ether oxygens (including phenoxy) is 3. The molecule has 8 heteroatoms. The van der Waals surface area contributed by atoms with Gasteiger partial charge in [-0.2, -0.15) is 0 Å². The Hall–Kier alpha value is -4.99. The Labute approximate surface area is 337 Å². The summed E-state index contributed by atoms with van der Waals surface area (Å²) < 4.78 is 19.6. The van der Waals surface area contributed by atoms with Crippen molar-refractivity contribution in [3.8, 4) is 22.6 Å². The zero-order chi connectivity index (χ0) is 39.6. The Kier molecular flexibility index (Phi) is 11.2. The highest BCUT2D eigenvalue weighted by molar-refractivity contribution is 5.89. The van der Waals surface area contributed by atoms with Crippen LogP contribution in [0.15, 0.2) is 127 Å². The molecule has 3 N–H and O–H groups in total. The normalized spacial score (nSPS) is 25.5. The molecule has 2 amide bonds. The summed E-state index contributed by atoms with van der Waals surface area (Å²) in [7, 11) is 0. The van der Waals surface area contributed by atoms with Crippen LogP contribution in [-0.2, 0) is 22.6 Å². The van der Waals surface area contributed by atoms with Gasteiger partial charge in [-0.05, 0) is 100 Å². The minimum atomic E-state index is -0.515. The van der Waals surface area contributed by atoms with E-state index in [4.69, 9.17) is 14.2 Å². The lowest BCUT2D eigenvalue weighted by atomic mass is 9.65. The summed E-state index contributed by atoms with van der Waals surface area (Å²) in [6.07, 6.45) is 3.08. The number of carbonyl (C=O) groups is 1. The molecule has 296 valence electrons. The van der Waals surface area contributed by atoms with Crippen LogP contribution in [0.5, 0.6) is 11.5 Å². The fourth-order valence-corrected chi connectivity index (χ4v) is 9.63. The molecular weight excluding hydrogens is 711 g/mol. The number of likely N-dealkylation sites (tertiary alicyclic amines) is 1. The van der Waals surface area contributed by atoms with Crippen molar-refractivity contribution < 1.29 is 24.1 Å². The SMILES string of the molecule is C[C@@H]1[C@H](CN2CC3(C)CC2CC(C)(C)C3)O[C@H](c2ccc(-c3cccc(CNC(=O)Nc4ccc(Oc5ccccc5)cc4)c3)cc2)O[C@@H]1c1ccc(CO)cc1. The molecule has 1 saturated carbocycles. The number of amides is 2. The van der Waals surface area contributed by atoms with E-state index in [2.05, 4.69) is 91.8 Å². The Bertz CT molecular complexity index is 2120. The van der Waals surface area contributed by atoms with Gasteiger partial charge in [0.2, 0.25) is 0 Å². The average molecular weight is 766 g/mol. The standard InChI is InChI=1S/C49H55N3O5/c1-33-44(29-52-32-49(4)27-41(52)26-48(2,3)31-49)56-46(57-45(33)37-15-13-34(30-53)14-16-37)38-19-17-36(18-20-38)39-10-8-9-35(25-39)28-50-47(54)51-40-21-23-43(24-22-40)55-42-11-6-5-7-12-42/h5-25,33,41,44-46,53H,26-32H2,1-4H3,(H2,50,51,54)/t33-,41?,44+,45+,46+,49?/m1/s1. The number of hydrogen-bond acceptors (Lipinski definition) is 6. The molecule has 0 radical (unpaired) electrons. The van der Waals surface area contributed by atoms with E-state index in [0.717, 1.165) is 52.2 Å². The number of fused-ring (bicyclic) bond motifs is 2. The first-order valence-corrected chi connectivity index (χ1v) is 20.3. The average Bonchev–Trinajstić information content (AvgIpc) is 3.46. The lowest BCUT2D eigenvalue weighted by Crippen LogP contribution is -2.46. The molecule has 8 nitrogen and oxygen atoms in total. The summed E-state index contributed by atoms with van der Waals surface area (Å²) in [5, 5.41) is 15.6. The lowest BCUT2D eigenvalue weighted by molar-refractivity contribution is -0.276. The van der Waals surface area contributed by atoms with Gasteiger partial charge in [-0.3, -0.25) is 4.90 Å². The predicted octanol–water partition coefficient (Wildman–Crippen LogP) is 10.7. The number of anilines is 1. The second-order valence-electron chi connectivity index (χ2n) is 17.5. The van der Waals surface area contributed by atoms with Crippen LogP contribution in [0.4, 0.5) is 10.5 Å². The van der Waals surface area contributed by atoms with Crippen LogP contribution in [0.3, 0.4) is 0 Å². The molecule has 5 aromatic carbocycles. The zero-order valence-electron chi connectivity index (χ0n) is 33.5. The first kappa shape index (κ1) is 38.9. The molecule has 57 heavy (non-hydrogen) atoms. The number of benzene rings is 5. The van der Waals surface area contributed by atoms with Crippen molar-refractivity contribution in [2.75, 3.05) is 18.4 Å². The summed E-state index contributed by atoms with van der Waals surface area (Å²) in [4.78, 5) is 15.5. The molecule has 1 aliphatic carbocycles. The molecular formula is C49H55N3O5. The predicted molar refractivity (Wildman–Crippen MR) is 225 cm³/mol. The van der Waals surface area contributed by atoms with Gasteiger partial charge in [-0.15, -0.1) is 0 Å². The molecule has 2 aliphatic heterocycles. The lowest BCUT2D eigenvalue weighted by Gasteiger charge is -2.43. The van der Waals surface area contributed by atoms with E-state index in [1.165, 1.54) is 19.3 Å². The third-order valence-corrected chi connectivity index (χ3v) is 12.0. The van der Waals surface area contributed by atoms with Gasteiger partial charge in [-0.25, -0.2) is 4.79 Å². The number of nitrogens with zero attached hydrogens (tertiary/aromatic N) is 1. The third-order valence-electron chi connectivity index (χ3n) is 12.0. The Morgan fingerprint density at radius 1 is 0.789 bits per heavy atom. The van der Waals surface area contributed by atoms with Crippen molar-refractivity contribution in [3.05, 3.63) is 150 Å². The van der Waals surface area contributed by atoms with Gasteiger partial charge < -0.3 is 30.0 Å². The Morgan fingerprint density at radius 2 is 1.51 bits per heavy atom. The van der Waals surface area contributed by atoms with E-state index in [9.17, 15) is 9.90 Å². The maximum atomic E-state index is 12.8. The van der Waals surface area contributed by atoms with Gasteiger partial charge in [0.15, 0.2) is 6.29 Å². The summed E-state index contributed by atoms with van der Waals surface area (Å²) >= 11 is 0. The molecule has 3 fully saturated rings. The van der Waals surface area contributed by atoms with Gasteiger partial charge in [0, 0.05) is 42.8 Å². The highest BCUT2D eigenvalue weighted by Crippen LogP contribution is 2.53. The van der Waals surface area contributed by atoms with E-state index in [1.807, 2.05) is 78.9 Å². The quantitative estimate of drug-likeness (QED) is 0.124. The van der Waals surface area contributed by atoms with E-state index in [1.54, 1.807) is 0 Å². The van der Waals surface area contributed by atoms with Gasteiger partial charge in [-0.1, -0.05) is 113 Å². The number of urea groups is 1. The van der Waals surface area contributed by atoms with E-state index >= 15 is 0 Å². The molecule has 2 saturated heterocycles. The Morgan fingerprint density at radius 3 is 2.25 bits per heavy atom. The van der Waals surface area contributed by atoms with E-state index in [-0.39, 0.29) is 30.8 Å². The molecule has 0 aromatic heterocycles. The van der Waals surface area contributed by atoms with Gasteiger partial charge in [0.25, 0.3) is 0 Å². The molecule has 6 atom stereocenters. The maximum Gasteiger partial charge on any atom is 0.319 e. The monoisotopic (exact) mass is 765 g/mol. The van der Waals surface area contributed by atoms with Gasteiger partial charge in [0.1, 0.15) is 11.5 Å². The maximum absolute atomic E-state index is 12.8. The summed E-state index contributed by atoms with van der Waals surface area (Å²) in [5.41, 5.74) is 7.48. The van der Waals surface area contributed by atoms with Crippen molar-refractivity contribution in [1.29, 1.82) is 0 Å². The number of rotatable bonds is 11. The van der Waals surface area contributed by atoms with Gasteiger partial charge >= 0.3 is 6.03 Å². The Balaban J connectivity index is 0.922. The first-order valence-electron chi connectivity index (χ1n) is 20.3. The highest BCUT2D eigenvalue weighted by Gasteiger charge is 2.51. The molecule has 2 bridgehead atoms. The van der Waals surface area contributed by atoms with Gasteiger partial charge in [0.05, 0.1) is 18.8 Å². The second kappa shape index (κ2) is 16.5. The van der Waals surface area contributed by atoms with Crippen LogP contribution in [0, 0.1) is 16.7 Å². The molecule has 2 heterocycles. The van der Waals surface area contributed by atoms with Crippen LogP contribution in [-0.4, -0.2) is 41.3 Å². The molecule has 5 aromatic rings. The van der Waals surface area contributed by atoms with E-state index in [0.29, 0.717) is 34.9 Å². The third kappa shape index (κ3) is 9.26. The fourth-order valence-electron chi connectivity index (χ4n) is 9.63. The van der Waals surface area contributed by atoms with Crippen LogP contribution in [0.1, 0.15) is 81.6 Å². The molecule has 3 aliphatic rings. The van der Waals surface area contributed by atoms with Crippen LogP contribution in [0.2, 0.25) is 0 Å². The second-order valence-corrected chi connectivity index (χ2v) is 17.5. The smallest absolute Gasteiger partial charge is 0.319 e. The summed E-state index contributed by atoms with van der Waals surface area (Å²) in [5.74, 6) is 1.59. The number of hydrogen-bond donors (Lipinski definition) is 3.